The van der Waals surface area contributed by atoms with Gasteiger partial charge in [-0.05, 0) is 11.1 Å². The van der Waals surface area contributed by atoms with Crippen molar-refractivity contribution in [1.29, 1.82) is 0 Å². The molecule has 4 heteroatoms. The van der Waals surface area contributed by atoms with Crippen LogP contribution in [0.5, 0.6) is 0 Å². The fraction of sp³-hybridized carbons (Fsp3) is 0.111. The molecule has 0 radical (unpaired) electrons. The summed E-state index contributed by atoms with van der Waals surface area (Å²) in [5.74, 6) is 0. The lowest BCUT2D eigenvalue weighted by Crippen LogP contribution is -1.87. The summed E-state index contributed by atoms with van der Waals surface area (Å²) in [6.45, 7) is 0. The van der Waals surface area contributed by atoms with Crippen LogP contribution in [0.15, 0.2) is 34.7 Å². The van der Waals surface area contributed by atoms with Crippen LogP contribution in [0.2, 0.25) is 0 Å². The molecule has 0 aromatic heterocycles. The van der Waals surface area contributed by atoms with Crippen molar-refractivity contribution in [2.75, 3.05) is 0 Å². The van der Waals surface area contributed by atoms with Crippen molar-refractivity contribution in [2.24, 2.45) is 4.36 Å². The molecule has 0 amide bonds. The third-order valence-electron chi connectivity index (χ3n) is 1.97. The van der Waals surface area contributed by atoms with E-state index in [4.69, 9.17) is 0 Å². The summed E-state index contributed by atoms with van der Waals surface area (Å²) in [6, 6.07) is 7.29. The van der Waals surface area contributed by atoms with Crippen molar-refractivity contribution >= 4 is 16.6 Å². The topological polar surface area (TPSA) is 46.5 Å². The lowest BCUT2D eigenvalue weighted by molar-refractivity contribution is 0.618. The van der Waals surface area contributed by atoms with E-state index < -0.39 is 10.5 Å². The van der Waals surface area contributed by atoms with Crippen LogP contribution in [0.1, 0.15) is 17.2 Å². The highest BCUT2D eigenvalue weighted by Crippen LogP contribution is 2.30. The van der Waals surface area contributed by atoms with Crippen LogP contribution < -0.4 is 0 Å². The SMILES string of the molecule is O=S(=O)=NC1C=Cc2ccccc21. The van der Waals surface area contributed by atoms with Crippen LogP contribution in [-0.4, -0.2) is 8.42 Å². The molecule has 0 saturated carbocycles. The van der Waals surface area contributed by atoms with Gasteiger partial charge in [0.2, 0.25) is 0 Å². The molecule has 66 valence electrons. The Kier molecular flexibility index (Phi) is 1.98. The average molecular weight is 193 g/mol. The van der Waals surface area contributed by atoms with E-state index in [0.717, 1.165) is 11.1 Å². The fourth-order valence-corrected chi connectivity index (χ4v) is 1.78. The zero-order valence-electron chi connectivity index (χ0n) is 6.71. The zero-order chi connectivity index (χ0) is 9.26. The first-order valence-electron chi connectivity index (χ1n) is 3.85. The molecule has 2 rings (SSSR count). The highest BCUT2D eigenvalue weighted by Gasteiger charge is 2.15. The highest BCUT2D eigenvalue weighted by molar-refractivity contribution is 7.61. The Morgan fingerprint density at radius 2 is 2.00 bits per heavy atom. The van der Waals surface area contributed by atoms with Gasteiger partial charge in [-0.1, -0.05) is 36.4 Å². The van der Waals surface area contributed by atoms with E-state index in [0.29, 0.717) is 0 Å². The maximum Gasteiger partial charge on any atom is 0.312 e. The van der Waals surface area contributed by atoms with Crippen LogP contribution in [0.3, 0.4) is 0 Å². The lowest BCUT2D eigenvalue weighted by Gasteiger charge is -2.01. The van der Waals surface area contributed by atoms with Gasteiger partial charge in [-0.25, -0.2) is 0 Å². The van der Waals surface area contributed by atoms with Gasteiger partial charge in [-0.2, -0.15) is 12.8 Å². The van der Waals surface area contributed by atoms with E-state index >= 15 is 0 Å². The molecule has 0 bridgehead atoms. The van der Waals surface area contributed by atoms with Gasteiger partial charge < -0.3 is 0 Å². The molecular weight excluding hydrogens is 186 g/mol. The molecule has 3 nitrogen and oxygen atoms in total. The molecule has 1 aliphatic rings. The highest BCUT2D eigenvalue weighted by atomic mass is 32.2. The van der Waals surface area contributed by atoms with Crippen LogP contribution in [-0.2, 0) is 10.5 Å². The molecule has 1 aromatic carbocycles. The Hall–Kier alpha value is -1.42. The molecule has 13 heavy (non-hydrogen) atoms. The van der Waals surface area contributed by atoms with Crippen molar-refractivity contribution < 1.29 is 8.42 Å². The van der Waals surface area contributed by atoms with Gasteiger partial charge in [0.25, 0.3) is 0 Å². The van der Waals surface area contributed by atoms with Gasteiger partial charge in [0.05, 0.1) is 0 Å². The lowest BCUT2D eigenvalue weighted by atomic mass is 10.1. The van der Waals surface area contributed by atoms with Gasteiger partial charge in [-0.3, -0.25) is 0 Å². The maximum absolute atomic E-state index is 10.4. The summed E-state index contributed by atoms with van der Waals surface area (Å²) < 4.78 is 24.3. The minimum Gasteiger partial charge on any atom is -0.164 e. The van der Waals surface area contributed by atoms with E-state index in [9.17, 15) is 8.42 Å². The number of hydrogen-bond acceptors (Lipinski definition) is 3. The van der Waals surface area contributed by atoms with Crippen molar-refractivity contribution in [2.45, 2.75) is 6.04 Å². The van der Waals surface area contributed by atoms with Crippen LogP contribution in [0.25, 0.3) is 6.08 Å². The summed E-state index contributed by atoms with van der Waals surface area (Å²) in [7, 11) is -2.34. The van der Waals surface area contributed by atoms with Crippen LogP contribution in [0, 0.1) is 0 Å². The van der Waals surface area contributed by atoms with Gasteiger partial charge in [0, 0.05) is 0 Å². The molecule has 1 atom stereocenters. The van der Waals surface area contributed by atoms with Gasteiger partial charge in [0.1, 0.15) is 6.04 Å². The van der Waals surface area contributed by atoms with Gasteiger partial charge in [0.15, 0.2) is 0 Å². The minimum atomic E-state index is -2.34. The summed E-state index contributed by atoms with van der Waals surface area (Å²) in [6.07, 6.45) is 3.66. The first-order chi connectivity index (χ1) is 6.27. The van der Waals surface area contributed by atoms with Crippen molar-refractivity contribution in [3.63, 3.8) is 0 Å². The van der Waals surface area contributed by atoms with E-state index in [2.05, 4.69) is 4.36 Å². The summed E-state index contributed by atoms with van der Waals surface area (Å²) in [4.78, 5) is 0. The normalized spacial score (nSPS) is 18.3. The zero-order valence-corrected chi connectivity index (χ0v) is 7.53. The second kappa shape index (κ2) is 3.14. The number of fused-ring (bicyclic) bond motifs is 1. The molecular formula is C9H7NO2S. The average Bonchev–Trinajstić information content (AvgIpc) is 2.48. The van der Waals surface area contributed by atoms with Gasteiger partial charge in [-0.15, -0.1) is 0 Å². The molecule has 1 unspecified atom stereocenters. The third-order valence-corrected chi connectivity index (χ3v) is 2.37. The molecule has 1 aromatic rings. The smallest absolute Gasteiger partial charge is 0.164 e. The fourth-order valence-electron chi connectivity index (χ4n) is 1.42. The first kappa shape index (κ1) is 8.19. The summed E-state index contributed by atoms with van der Waals surface area (Å²) in [5, 5.41) is 0. The molecule has 1 aliphatic carbocycles. The predicted molar refractivity (Wildman–Crippen MR) is 49.6 cm³/mol. The van der Waals surface area contributed by atoms with Crippen LogP contribution >= 0.6 is 0 Å². The molecule has 0 saturated heterocycles. The maximum atomic E-state index is 10.4. The van der Waals surface area contributed by atoms with Crippen LogP contribution in [0.4, 0.5) is 0 Å². The van der Waals surface area contributed by atoms with Gasteiger partial charge >= 0.3 is 10.5 Å². The Morgan fingerprint density at radius 3 is 2.77 bits per heavy atom. The standard InChI is InChI=1S/C9H7NO2S/c11-13(12)10-9-6-5-7-3-1-2-4-8(7)9/h1-6,9H. The van der Waals surface area contributed by atoms with E-state index in [1.807, 2.05) is 30.3 Å². The number of nitrogens with zero attached hydrogens (tertiary/aromatic N) is 1. The number of rotatable bonds is 1. The quantitative estimate of drug-likeness (QED) is 0.683. The van der Waals surface area contributed by atoms with E-state index in [-0.39, 0.29) is 6.04 Å². The molecule has 0 aliphatic heterocycles. The summed E-state index contributed by atoms with van der Waals surface area (Å²) in [5.41, 5.74) is 1.99. The number of benzene rings is 1. The van der Waals surface area contributed by atoms with Crippen molar-refractivity contribution in [3.05, 3.63) is 41.5 Å². The Labute approximate surface area is 77.4 Å². The predicted octanol–water partition coefficient (Wildman–Crippen LogP) is 1.82. The van der Waals surface area contributed by atoms with Crippen molar-refractivity contribution in [3.8, 4) is 0 Å². The molecule has 0 spiro atoms. The first-order valence-corrected chi connectivity index (χ1v) is 4.88. The Balaban J connectivity index is 2.50. The number of hydrogen-bond donors (Lipinski definition) is 0. The monoisotopic (exact) mass is 193 g/mol. The Morgan fingerprint density at radius 1 is 1.23 bits per heavy atom. The largest absolute Gasteiger partial charge is 0.312 e. The van der Waals surface area contributed by atoms with E-state index in [1.54, 1.807) is 6.08 Å². The molecule has 0 fully saturated rings. The molecule has 0 heterocycles. The second-order valence-electron chi connectivity index (χ2n) is 2.76. The summed E-state index contributed by atoms with van der Waals surface area (Å²) >= 11 is 0. The molecule has 0 N–H and O–H groups in total. The third kappa shape index (κ3) is 1.53. The second-order valence-corrected chi connectivity index (χ2v) is 3.40. The van der Waals surface area contributed by atoms with E-state index in [1.165, 1.54) is 0 Å². The Bertz CT molecular complexity index is 480. The minimum absolute atomic E-state index is 0.325. The van der Waals surface area contributed by atoms with Crippen molar-refractivity contribution in [1.82, 2.24) is 0 Å².